The topological polar surface area (TPSA) is 12.9 Å². The number of aromatic nitrogens is 1. The van der Waals surface area contributed by atoms with E-state index < -0.39 is 0 Å². The standard InChI is InChI=1S/C14H18N.CH3.Y/c1-9(2)12-8-11-4-3-5-13(11)15-14(12)10-6-7-10;;/h9-10H,3-7H2,1-2H3;1H3;/q2*-1;. The Morgan fingerprint density at radius 3 is 2.53 bits per heavy atom. The smallest absolute Gasteiger partial charge is 0 e. The minimum absolute atomic E-state index is 0. The van der Waals surface area contributed by atoms with Crippen molar-refractivity contribution in [2.45, 2.75) is 57.8 Å². The number of pyridine rings is 1. The first-order chi connectivity index (χ1) is 7.25. The zero-order valence-corrected chi connectivity index (χ0v) is 14.1. The molecule has 3 rings (SSSR count). The summed E-state index contributed by atoms with van der Waals surface area (Å²) in [7, 11) is 0. The Labute approximate surface area is 131 Å². The van der Waals surface area contributed by atoms with Gasteiger partial charge in [0.2, 0.25) is 0 Å². The molecule has 1 saturated carbocycles. The molecule has 1 aromatic rings. The maximum atomic E-state index is 4.91. The third-order valence-corrected chi connectivity index (χ3v) is 3.55. The first kappa shape index (κ1) is 15.3. The summed E-state index contributed by atoms with van der Waals surface area (Å²) < 4.78 is 0. The molecule has 1 radical (unpaired) electrons. The maximum absolute atomic E-state index is 4.91. The van der Waals surface area contributed by atoms with Crippen LogP contribution in [-0.2, 0) is 45.6 Å². The van der Waals surface area contributed by atoms with Crippen molar-refractivity contribution in [3.63, 3.8) is 0 Å². The molecule has 0 aromatic carbocycles. The van der Waals surface area contributed by atoms with Crippen molar-refractivity contribution in [1.82, 2.24) is 4.98 Å². The third kappa shape index (κ3) is 2.99. The van der Waals surface area contributed by atoms with Gasteiger partial charge in [0.25, 0.3) is 0 Å². The van der Waals surface area contributed by atoms with Gasteiger partial charge in [-0.2, -0.15) is 6.07 Å². The molecular weight excluding hydrogens is 283 g/mol. The van der Waals surface area contributed by atoms with Crippen molar-refractivity contribution >= 4 is 0 Å². The van der Waals surface area contributed by atoms with E-state index in [0.717, 1.165) is 5.92 Å². The zero-order valence-electron chi connectivity index (χ0n) is 11.2. The summed E-state index contributed by atoms with van der Waals surface area (Å²) in [6.07, 6.45) is 6.36. The van der Waals surface area contributed by atoms with Gasteiger partial charge in [0.15, 0.2) is 0 Å². The Balaban J connectivity index is 0.000000722. The predicted molar refractivity (Wildman–Crippen MR) is 67.6 cm³/mol. The normalized spacial score (nSPS) is 17.4. The summed E-state index contributed by atoms with van der Waals surface area (Å²) in [5, 5.41) is 0. The molecule has 0 N–H and O–H groups in total. The van der Waals surface area contributed by atoms with Crippen LogP contribution in [0, 0.1) is 13.5 Å². The minimum Gasteiger partial charge on any atom is -0.383 e. The van der Waals surface area contributed by atoms with Crippen LogP contribution in [-0.4, -0.2) is 4.98 Å². The van der Waals surface area contributed by atoms with Crippen LogP contribution in [0.2, 0.25) is 0 Å². The Bertz CT molecular complexity index is 365. The van der Waals surface area contributed by atoms with Crippen molar-refractivity contribution < 1.29 is 32.7 Å². The van der Waals surface area contributed by atoms with Crippen LogP contribution in [0.5, 0.6) is 0 Å². The van der Waals surface area contributed by atoms with E-state index in [0.29, 0.717) is 5.92 Å². The molecule has 2 aliphatic rings. The van der Waals surface area contributed by atoms with Gasteiger partial charge in [0.05, 0.1) is 0 Å². The van der Waals surface area contributed by atoms with E-state index >= 15 is 0 Å². The van der Waals surface area contributed by atoms with Crippen molar-refractivity contribution in [3.05, 3.63) is 36.0 Å². The van der Waals surface area contributed by atoms with E-state index in [1.165, 1.54) is 54.6 Å². The number of rotatable bonds is 2. The van der Waals surface area contributed by atoms with Gasteiger partial charge in [-0.25, -0.2) is 0 Å². The molecule has 0 spiro atoms. The molecule has 2 heteroatoms. The van der Waals surface area contributed by atoms with E-state index in [4.69, 9.17) is 4.98 Å². The van der Waals surface area contributed by atoms with Crippen LogP contribution >= 0.6 is 0 Å². The summed E-state index contributed by atoms with van der Waals surface area (Å²) >= 11 is 0. The van der Waals surface area contributed by atoms with Crippen molar-refractivity contribution in [2.24, 2.45) is 0 Å². The molecule has 91 valence electrons. The number of hydrogen-bond donors (Lipinski definition) is 0. The molecular formula is C15H21NY-2. The fourth-order valence-corrected chi connectivity index (χ4v) is 2.53. The number of nitrogens with zero attached hydrogens (tertiary/aromatic N) is 1. The molecule has 1 heterocycles. The largest absolute Gasteiger partial charge is 0.383 e. The molecule has 1 fully saturated rings. The van der Waals surface area contributed by atoms with Crippen molar-refractivity contribution in [1.29, 1.82) is 0 Å². The van der Waals surface area contributed by atoms with Gasteiger partial charge in [0, 0.05) is 32.7 Å². The molecule has 0 unspecified atom stereocenters. The van der Waals surface area contributed by atoms with Gasteiger partial charge in [-0.1, -0.05) is 50.9 Å². The monoisotopic (exact) mass is 304 g/mol. The zero-order chi connectivity index (χ0) is 10.4. The van der Waals surface area contributed by atoms with E-state index in [9.17, 15) is 0 Å². The van der Waals surface area contributed by atoms with Crippen LogP contribution < -0.4 is 0 Å². The van der Waals surface area contributed by atoms with E-state index in [1.807, 2.05) is 0 Å². The average Bonchev–Trinajstić information content (AvgIpc) is 2.95. The van der Waals surface area contributed by atoms with Crippen LogP contribution in [0.1, 0.15) is 67.5 Å². The Morgan fingerprint density at radius 2 is 1.94 bits per heavy atom. The molecule has 17 heavy (non-hydrogen) atoms. The van der Waals surface area contributed by atoms with Gasteiger partial charge in [0.1, 0.15) is 0 Å². The molecule has 1 nitrogen and oxygen atoms in total. The van der Waals surface area contributed by atoms with Crippen LogP contribution in [0.3, 0.4) is 0 Å². The summed E-state index contributed by atoms with van der Waals surface area (Å²) in [5.74, 6) is 1.35. The number of fused-ring (bicyclic) bond motifs is 1. The van der Waals surface area contributed by atoms with Crippen LogP contribution in [0.4, 0.5) is 0 Å². The minimum atomic E-state index is 0. The third-order valence-electron chi connectivity index (χ3n) is 3.55. The van der Waals surface area contributed by atoms with Gasteiger partial charge in [-0.15, -0.1) is 11.1 Å². The van der Waals surface area contributed by atoms with Gasteiger partial charge < -0.3 is 12.4 Å². The second kappa shape index (κ2) is 5.93. The average molecular weight is 304 g/mol. The van der Waals surface area contributed by atoms with Gasteiger partial charge >= 0.3 is 0 Å². The maximum Gasteiger partial charge on any atom is 0 e. The first-order valence-corrected chi connectivity index (χ1v) is 6.20. The van der Waals surface area contributed by atoms with E-state index in [1.54, 1.807) is 0 Å². The summed E-state index contributed by atoms with van der Waals surface area (Å²) in [6, 6.07) is 3.65. The summed E-state index contributed by atoms with van der Waals surface area (Å²) in [4.78, 5) is 4.91. The van der Waals surface area contributed by atoms with Gasteiger partial charge in [-0.05, 0) is 18.3 Å². The molecule has 2 aliphatic carbocycles. The quantitative estimate of drug-likeness (QED) is 0.757. The summed E-state index contributed by atoms with van der Waals surface area (Å²) in [5.41, 5.74) is 5.54. The Morgan fingerprint density at radius 1 is 1.24 bits per heavy atom. The first-order valence-electron chi connectivity index (χ1n) is 6.20. The van der Waals surface area contributed by atoms with Crippen molar-refractivity contribution in [3.8, 4) is 0 Å². The second-order valence-electron chi connectivity index (χ2n) is 5.24. The number of aryl methyl sites for hydroxylation is 2. The summed E-state index contributed by atoms with van der Waals surface area (Å²) in [6.45, 7) is 4.53. The van der Waals surface area contributed by atoms with Crippen molar-refractivity contribution in [2.75, 3.05) is 0 Å². The van der Waals surface area contributed by atoms with Crippen LogP contribution in [0.15, 0.2) is 0 Å². The van der Waals surface area contributed by atoms with E-state index in [2.05, 4.69) is 19.9 Å². The second-order valence-corrected chi connectivity index (χ2v) is 5.24. The fraction of sp³-hybridized carbons (Fsp3) is 0.600. The molecule has 0 bridgehead atoms. The Hall–Kier alpha value is 0.254. The van der Waals surface area contributed by atoms with Crippen LogP contribution in [0.25, 0.3) is 0 Å². The molecule has 0 aliphatic heterocycles. The van der Waals surface area contributed by atoms with Gasteiger partial charge in [-0.3, -0.25) is 0 Å². The molecule has 1 aromatic heterocycles. The SMILES string of the molecule is CC(C)c1[c-]c2c(nc1C1CC1)CCC2.[CH3-].[Y]. The fourth-order valence-electron chi connectivity index (χ4n) is 2.53. The predicted octanol–water partition coefficient (Wildman–Crippen LogP) is 3.82. The number of hydrogen-bond acceptors (Lipinski definition) is 1. The molecule has 0 amide bonds. The Kier molecular flexibility index (Phi) is 5.34. The molecule has 0 atom stereocenters. The molecule has 0 saturated heterocycles. The van der Waals surface area contributed by atoms with E-state index in [-0.39, 0.29) is 40.1 Å².